The summed E-state index contributed by atoms with van der Waals surface area (Å²) >= 11 is 0. The minimum Gasteiger partial charge on any atom is -0.263 e. The second-order valence-corrected chi connectivity index (χ2v) is 9.91. The van der Waals surface area contributed by atoms with Gasteiger partial charge in [-0.25, -0.2) is 0 Å². The molecule has 0 rings (SSSR count). The van der Waals surface area contributed by atoms with Gasteiger partial charge in [-0.3, -0.25) is 28.5 Å². The Morgan fingerprint density at radius 2 is 0.433 bits per heavy atom. The molecule has 42 heteroatoms. The van der Waals surface area contributed by atoms with E-state index >= 15 is 0 Å². The normalized spacial score (nSPS) is 20.7. The number of ether oxygens (including phenoxy) is 5. The minimum absolute atomic E-state index is 0.652. The molecule has 0 aromatic carbocycles. The van der Waals surface area contributed by atoms with Gasteiger partial charge in [-0.05, 0) is 0 Å². The highest BCUT2D eigenvalue weighted by Gasteiger charge is 2.91. The molecular formula is C18F36O6. The van der Waals surface area contributed by atoms with Gasteiger partial charge < -0.3 is 0 Å². The summed E-state index contributed by atoms with van der Waals surface area (Å²) in [6, 6.07) is -5.29. The molecule has 0 saturated carbocycles. The van der Waals surface area contributed by atoms with Gasteiger partial charge >= 0.3 is 109 Å². The predicted octanol–water partition coefficient (Wildman–Crippen LogP) is 10.9. The molecule has 0 bridgehead atoms. The maximum Gasteiger partial charge on any atom is 0.462 e. The lowest BCUT2D eigenvalue weighted by molar-refractivity contribution is -0.600. The van der Waals surface area contributed by atoms with Crippen molar-refractivity contribution in [2.45, 2.75) is 103 Å². The van der Waals surface area contributed by atoms with E-state index in [1.54, 1.807) is 0 Å². The van der Waals surface area contributed by atoms with Gasteiger partial charge in [0, 0.05) is 0 Å². The Labute approximate surface area is 297 Å². The molecule has 0 aliphatic rings. The SMILES string of the molecule is O=C(F)[C@](F)(OC(F)(F)[C@@](F)(OC(F)(F)[C@](F)(OC(F)(F)[C@](F)(OC(F)(F)[C@](F)(OC(F)(F)C(F)(F)C(F)(F)F)C(F)(F)F)C(F)(F)F)C(F)(F)F)C(F)(F)F)C(F)(F)F. The van der Waals surface area contributed by atoms with Crippen LogP contribution in [0.4, 0.5) is 158 Å². The summed E-state index contributed by atoms with van der Waals surface area (Å²) in [6.45, 7) is 0. The minimum atomic E-state index is -9.64. The van der Waals surface area contributed by atoms with E-state index in [0.29, 0.717) is 9.47 Å². The Kier molecular flexibility index (Phi) is 14.0. The van der Waals surface area contributed by atoms with E-state index in [1.165, 1.54) is 0 Å². The third-order valence-corrected chi connectivity index (χ3v) is 5.64. The average molecular weight is 996 g/mol. The first-order chi connectivity index (χ1) is 25.2. The lowest BCUT2D eigenvalue weighted by Crippen LogP contribution is -2.73. The number of carbonyl (C=O) groups excluding carboxylic acids is 1. The second kappa shape index (κ2) is 14.8. The summed E-state index contributed by atoms with van der Waals surface area (Å²) in [5.41, 5.74) is 0. The molecule has 0 fully saturated rings. The van der Waals surface area contributed by atoms with Gasteiger partial charge in [0.1, 0.15) is 0 Å². The van der Waals surface area contributed by atoms with E-state index in [-0.39, 0.29) is 0 Å². The molecular weight excluding hydrogens is 996 g/mol. The molecule has 0 saturated heterocycles. The zero-order chi connectivity index (χ0) is 49.6. The quantitative estimate of drug-likeness (QED) is 0.113. The van der Waals surface area contributed by atoms with Gasteiger partial charge in [-0.1, -0.05) is 0 Å². The Morgan fingerprint density at radius 3 is 0.583 bits per heavy atom. The van der Waals surface area contributed by atoms with E-state index < -0.39 is 109 Å². The van der Waals surface area contributed by atoms with E-state index in [1.807, 2.05) is 0 Å². The zero-order valence-corrected chi connectivity index (χ0v) is 25.1. The van der Waals surface area contributed by atoms with Crippen molar-refractivity contribution in [2.24, 2.45) is 0 Å². The van der Waals surface area contributed by atoms with Crippen molar-refractivity contribution in [1.29, 1.82) is 0 Å². The van der Waals surface area contributed by atoms with Crippen LogP contribution in [0.1, 0.15) is 0 Å². The topological polar surface area (TPSA) is 63.2 Å². The van der Waals surface area contributed by atoms with Gasteiger partial charge in [-0.2, -0.15) is 158 Å². The Balaban J connectivity index is 8.02. The molecule has 0 aliphatic carbocycles. The summed E-state index contributed by atoms with van der Waals surface area (Å²) in [7, 11) is 0. The predicted molar refractivity (Wildman–Crippen MR) is 96.7 cm³/mol. The van der Waals surface area contributed by atoms with Crippen LogP contribution in [0.25, 0.3) is 0 Å². The van der Waals surface area contributed by atoms with Gasteiger partial charge in [0.05, 0.1) is 0 Å². The molecule has 0 aliphatic heterocycles. The van der Waals surface area contributed by atoms with Gasteiger partial charge in [-0.15, -0.1) is 0 Å². The average Bonchev–Trinajstić information content (AvgIpc) is 2.91. The van der Waals surface area contributed by atoms with E-state index in [4.69, 9.17) is 0 Å². The summed E-state index contributed by atoms with van der Waals surface area (Å²) in [6.07, 6.45) is -98.7. The van der Waals surface area contributed by atoms with Crippen LogP contribution in [-0.2, 0) is 28.5 Å². The number of alkyl halides is 35. The fourth-order valence-electron chi connectivity index (χ4n) is 2.71. The highest BCUT2D eigenvalue weighted by Crippen LogP contribution is 2.62. The molecule has 60 heavy (non-hydrogen) atoms. The molecule has 0 radical (unpaired) electrons. The molecule has 5 atom stereocenters. The highest BCUT2D eigenvalue weighted by atomic mass is 19.5. The van der Waals surface area contributed by atoms with Crippen molar-refractivity contribution in [1.82, 2.24) is 0 Å². The summed E-state index contributed by atoms with van der Waals surface area (Å²) in [5.74, 6) is -54.2. The van der Waals surface area contributed by atoms with Crippen LogP contribution in [0, 0.1) is 0 Å². The van der Waals surface area contributed by atoms with Crippen LogP contribution < -0.4 is 0 Å². The first kappa shape index (κ1) is 57.0. The maximum atomic E-state index is 14.5. The Bertz CT molecular complexity index is 1530. The molecule has 6 nitrogen and oxygen atoms in total. The maximum absolute atomic E-state index is 14.5. The third-order valence-electron chi connectivity index (χ3n) is 5.64. The number of carbonyl (C=O) groups is 1. The smallest absolute Gasteiger partial charge is 0.263 e. The van der Waals surface area contributed by atoms with Crippen LogP contribution in [0.2, 0.25) is 0 Å². The first-order valence-corrected chi connectivity index (χ1v) is 12.0. The molecule has 360 valence electrons. The number of hydrogen-bond donors (Lipinski definition) is 0. The summed E-state index contributed by atoms with van der Waals surface area (Å²) in [4.78, 5) is 10.1. The van der Waals surface area contributed by atoms with Crippen LogP contribution >= 0.6 is 0 Å². The van der Waals surface area contributed by atoms with Crippen molar-refractivity contribution < 1.29 is 187 Å². The van der Waals surface area contributed by atoms with Crippen LogP contribution in [0.3, 0.4) is 0 Å². The number of halogens is 36. The van der Waals surface area contributed by atoms with Crippen molar-refractivity contribution in [2.75, 3.05) is 0 Å². The lowest BCUT2D eigenvalue weighted by atomic mass is 10.2. The van der Waals surface area contributed by atoms with Gasteiger partial charge in [0.15, 0.2) is 0 Å². The molecule has 0 amide bonds. The molecule has 0 unspecified atom stereocenters. The third kappa shape index (κ3) is 9.19. The molecule has 0 aromatic heterocycles. The highest BCUT2D eigenvalue weighted by molar-refractivity contribution is 5.77. The Morgan fingerprint density at radius 1 is 0.250 bits per heavy atom. The van der Waals surface area contributed by atoms with E-state index in [0.717, 1.165) is 14.2 Å². The number of hydrogen-bond acceptors (Lipinski definition) is 6. The second-order valence-electron chi connectivity index (χ2n) is 9.91. The van der Waals surface area contributed by atoms with Crippen molar-refractivity contribution >= 4 is 6.04 Å². The largest absolute Gasteiger partial charge is 0.462 e. The van der Waals surface area contributed by atoms with E-state index in [9.17, 15) is 163 Å². The standard InChI is InChI=1S/C18F36O6/c19-1(55)2(20,8(27,28)29)56-15(47,48)4(23,10(33,34)35)58-17(51,52)6(25,12(39,40)41)60-18(53,54)7(26,13(42,43)44)59-16(49,50)5(24,11(36,37)38)57-14(45,46)3(21,22)9(30,31)32/t2-,4-,5+,6+,7+/m0/s1. The van der Waals surface area contributed by atoms with Crippen molar-refractivity contribution in [3.63, 3.8) is 0 Å². The van der Waals surface area contributed by atoms with Crippen LogP contribution in [0.15, 0.2) is 0 Å². The summed E-state index contributed by atoms with van der Waals surface area (Å²) in [5, 5.41) is 0. The fraction of sp³-hybridized carbons (Fsp3) is 0.944. The lowest BCUT2D eigenvalue weighted by Gasteiger charge is -2.44. The fourth-order valence-corrected chi connectivity index (χ4v) is 2.71. The first-order valence-electron chi connectivity index (χ1n) is 12.0. The van der Waals surface area contributed by atoms with E-state index in [2.05, 4.69) is 0 Å². The Hall–Kier alpha value is -3.05. The molecule has 0 spiro atoms. The molecule has 0 aromatic rings. The van der Waals surface area contributed by atoms with Crippen LogP contribution in [-0.4, -0.2) is 109 Å². The zero-order valence-electron chi connectivity index (χ0n) is 25.1. The van der Waals surface area contributed by atoms with Crippen molar-refractivity contribution in [3.05, 3.63) is 0 Å². The van der Waals surface area contributed by atoms with Gasteiger partial charge in [0.2, 0.25) is 0 Å². The van der Waals surface area contributed by atoms with Gasteiger partial charge in [0.25, 0.3) is 0 Å². The summed E-state index contributed by atoms with van der Waals surface area (Å²) < 4.78 is 483. The van der Waals surface area contributed by atoms with Crippen molar-refractivity contribution in [3.8, 4) is 0 Å². The number of rotatable bonds is 16. The molecule has 0 N–H and O–H groups in total. The monoisotopic (exact) mass is 996 g/mol. The van der Waals surface area contributed by atoms with Crippen LogP contribution in [0.5, 0.6) is 0 Å². The molecule has 0 heterocycles.